The highest BCUT2D eigenvalue weighted by molar-refractivity contribution is 5.97. The van der Waals surface area contributed by atoms with E-state index in [0.717, 1.165) is 18.5 Å². The second-order valence-corrected chi connectivity index (χ2v) is 5.83. The zero-order valence-electron chi connectivity index (χ0n) is 12.8. The van der Waals surface area contributed by atoms with Crippen LogP contribution in [-0.2, 0) is 9.59 Å². The van der Waals surface area contributed by atoms with Crippen molar-refractivity contribution in [2.75, 3.05) is 13.1 Å². The molecule has 0 aliphatic carbocycles. The third-order valence-electron chi connectivity index (χ3n) is 3.86. The van der Waals surface area contributed by atoms with E-state index < -0.39 is 0 Å². The number of carbonyl (C=O) groups excluding carboxylic acids is 2. The Bertz CT molecular complexity index is 469. The van der Waals surface area contributed by atoms with Gasteiger partial charge in [0.15, 0.2) is 0 Å². The van der Waals surface area contributed by atoms with Gasteiger partial charge in [-0.2, -0.15) is 0 Å². The van der Waals surface area contributed by atoms with Gasteiger partial charge in [0.1, 0.15) is 0 Å². The van der Waals surface area contributed by atoms with Crippen LogP contribution in [0.3, 0.4) is 0 Å². The average Bonchev–Trinajstić information content (AvgIpc) is 2.46. The molecule has 1 heterocycles. The van der Waals surface area contributed by atoms with E-state index in [0.29, 0.717) is 19.4 Å². The van der Waals surface area contributed by atoms with E-state index in [1.807, 2.05) is 37.3 Å². The fourth-order valence-corrected chi connectivity index (χ4v) is 2.71. The standard InChI is InChI=1S/C17H24N2O2/c1-3-9-18-15(14-7-5-4-6-8-14)12-19-16(20)10-13(2)11-17(19)21/h4-8,13,15,18H,3,9-12H2,1-2H3. The maximum absolute atomic E-state index is 12.1. The summed E-state index contributed by atoms with van der Waals surface area (Å²) >= 11 is 0. The Labute approximate surface area is 126 Å². The van der Waals surface area contributed by atoms with Crippen LogP contribution in [0.25, 0.3) is 0 Å². The van der Waals surface area contributed by atoms with Crippen molar-refractivity contribution >= 4 is 11.8 Å². The lowest BCUT2D eigenvalue weighted by atomic mass is 9.96. The van der Waals surface area contributed by atoms with Gasteiger partial charge in [-0.05, 0) is 24.4 Å². The number of imide groups is 1. The third kappa shape index (κ3) is 4.14. The summed E-state index contributed by atoms with van der Waals surface area (Å²) in [7, 11) is 0. The molecule has 2 rings (SSSR count). The number of benzene rings is 1. The number of nitrogens with zero attached hydrogens (tertiary/aromatic N) is 1. The molecule has 0 aromatic heterocycles. The maximum Gasteiger partial charge on any atom is 0.229 e. The van der Waals surface area contributed by atoms with E-state index in [1.165, 1.54) is 4.90 Å². The monoisotopic (exact) mass is 288 g/mol. The predicted octanol–water partition coefficient (Wildman–Crippen LogP) is 2.51. The summed E-state index contributed by atoms with van der Waals surface area (Å²) in [6.07, 6.45) is 1.96. The lowest BCUT2D eigenvalue weighted by molar-refractivity contribution is -0.150. The Hall–Kier alpha value is -1.68. The van der Waals surface area contributed by atoms with Crippen LogP contribution in [0.4, 0.5) is 0 Å². The Morgan fingerprint density at radius 1 is 1.19 bits per heavy atom. The molecule has 0 spiro atoms. The molecule has 1 unspecified atom stereocenters. The molecule has 0 saturated carbocycles. The third-order valence-corrected chi connectivity index (χ3v) is 3.86. The first-order valence-electron chi connectivity index (χ1n) is 7.73. The summed E-state index contributed by atoms with van der Waals surface area (Å²) in [4.78, 5) is 25.7. The molecule has 0 radical (unpaired) electrons. The lowest BCUT2D eigenvalue weighted by Crippen LogP contribution is -2.46. The molecule has 1 fully saturated rings. The highest BCUT2D eigenvalue weighted by Gasteiger charge is 2.32. The van der Waals surface area contributed by atoms with E-state index in [9.17, 15) is 9.59 Å². The summed E-state index contributed by atoms with van der Waals surface area (Å²) in [5, 5.41) is 3.44. The van der Waals surface area contributed by atoms with Gasteiger partial charge in [0, 0.05) is 19.4 Å². The van der Waals surface area contributed by atoms with E-state index >= 15 is 0 Å². The number of likely N-dealkylation sites (tertiary alicyclic amines) is 1. The van der Waals surface area contributed by atoms with E-state index in [2.05, 4.69) is 12.2 Å². The predicted molar refractivity (Wildman–Crippen MR) is 82.6 cm³/mol. The van der Waals surface area contributed by atoms with E-state index in [1.54, 1.807) is 0 Å². The van der Waals surface area contributed by atoms with Crippen LogP contribution in [0, 0.1) is 5.92 Å². The molecule has 114 valence electrons. The Balaban J connectivity index is 2.11. The molecule has 1 aromatic carbocycles. The molecule has 4 nitrogen and oxygen atoms in total. The van der Waals surface area contributed by atoms with Gasteiger partial charge in [-0.25, -0.2) is 0 Å². The van der Waals surface area contributed by atoms with Crippen LogP contribution in [0.5, 0.6) is 0 Å². The molecule has 2 amide bonds. The molecular formula is C17H24N2O2. The smallest absolute Gasteiger partial charge is 0.229 e. The molecule has 1 N–H and O–H groups in total. The van der Waals surface area contributed by atoms with Gasteiger partial charge in [0.25, 0.3) is 0 Å². The normalized spacial score (nSPS) is 18.1. The van der Waals surface area contributed by atoms with Crippen molar-refractivity contribution < 1.29 is 9.59 Å². The number of piperidine rings is 1. The zero-order valence-corrected chi connectivity index (χ0v) is 12.8. The minimum Gasteiger partial charge on any atom is -0.308 e. The first-order valence-corrected chi connectivity index (χ1v) is 7.73. The van der Waals surface area contributed by atoms with Gasteiger partial charge < -0.3 is 5.32 Å². The molecule has 1 aliphatic heterocycles. The maximum atomic E-state index is 12.1. The summed E-state index contributed by atoms with van der Waals surface area (Å²) in [5.74, 6) is 0.0796. The Kier molecular flexibility index (Phi) is 5.51. The van der Waals surface area contributed by atoms with Crippen molar-refractivity contribution in [3.63, 3.8) is 0 Å². The lowest BCUT2D eigenvalue weighted by Gasteiger charge is -2.32. The molecule has 1 aromatic rings. The van der Waals surface area contributed by atoms with E-state index in [-0.39, 0.29) is 23.8 Å². The van der Waals surface area contributed by atoms with Gasteiger partial charge in [-0.3, -0.25) is 14.5 Å². The molecule has 1 saturated heterocycles. The second kappa shape index (κ2) is 7.36. The first kappa shape index (κ1) is 15.7. The summed E-state index contributed by atoms with van der Waals surface area (Å²) < 4.78 is 0. The summed E-state index contributed by atoms with van der Waals surface area (Å²) in [6, 6.07) is 10.0. The van der Waals surface area contributed by atoms with E-state index in [4.69, 9.17) is 0 Å². The van der Waals surface area contributed by atoms with Crippen LogP contribution in [0.1, 0.15) is 44.7 Å². The van der Waals surface area contributed by atoms with Crippen molar-refractivity contribution in [2.24, 2.45) is 5.92 Å². The Morgan fingerprint density at radius 3 is 2.38 bits per heavy atom. The topological polar surface area (TPSA) is 49.4 Å². The van der Waals surface area contributed by atoms with Crippen molar-refractivity contribution in [2.45, 2.75) is 39.2 Å². The van der Waals surface area contributed by atoms with Crippen LogP contribution in [0.15, 0.2) is 30.3 Å². The van der Waals surface area contributed by atoms with Crippen LogP contribution < -0.4 is 5.32 Å². The fraction of sp³-hybridized carbons (Fsp3) is 0.529. The molecular weight excluding hydrogens is 264 g/mol. The zero-order chi connectivity index (χ0) is 15.2. The molecule has 1 atom stereocenters. The van der Waals surface area contributed by atoms with Gasteiger partial charge >= 0.3 is 0 Å². The van der Waals surface area contributed by atoms with Crippen LogP contribution in [0.2, 0.25) is 0 Å². The van der Waals surface area contributed by atoms with Crippen LogP contribution in [-0.4, -0.2) is 29.8 Å². The van der Waals surface area contributed by atoms with Crippen molar-refractivity contribution in [3.05, 3.63) is 35.9 Å². The average molecular weight is 288 g/mol. The largest absolute Gasteiger partial charge is 0.308 e. The van der Waals surface area contributed by atoms with Gasteiger partial charge in [0.05, 0.1) is 6.04 Å². The highest BCUT2D eigenvalue weighted by Crippen LogP contribution is 2.22. The van der Waals surface area contributed by atoms with Gasteiger partial charge in [-0.15, -0.1) is 0 Å². The van der Waals surface area contributed by atoms with Gasteiger partial charge in [0.2, 0.25) is 11.8 Å². The number of hydrogen-bond donors (Lipinski definition) is 1. The van der Waals surface area contributed by atoms with Crippen LogP contribution >= 0.6 is 0 Å². The molecule has 1 aliphatic rings. The van der Waals surface area contributed by atoms with Crippen molar-refractivity contribution in [1.29, 1.82) is 0 Å². The molecule has 4 heteroatoms. The fourth-order valence-electron chi connectivity index (χ4n) is 2.71. The molecule has 0 bridgehead atoms. The number of amides is 2. The van der Waals surface area contributed by atoms with Crippen molar-refractivity contribution in [3.8, 4) is 0 Å². The Morgan fingerprint density at radius 2 is 1.81 bits per heavy atom. The molecule has 21 heavy (non-hydrogen) atoms. The van der Waals surface area contributed by atoms with Gasteiger partial charge in [-0.1, -0.05) is 44.2 Å². The SMILES string of the molecule is CCCNC(CN1C(=O)CC(C)CC1=O)c1ccccc1. The van der Waals surface area contributed by atoms with Crippen molar-refractivity contribution in [1.82, 2.24) is 10.2 Å². The quantitative estimate of drug-likeness (QED) is 0.818. The summed E-state index contributed by atoms with van der Waals surface area (Å²) in [6.45, 7) is 5.35. The number of carbonyl (C=O) groups is 2. The second-order valence-electron chi connectivity index (χ2n) is 5.83. The minimum absolute atomic E-state index is 0.00690. The summed E-state index contributed by atoms with van der Waals surface area (Å²) in [5.41, 5.74) is 1.12. The number of hydrogen-bond acceptors (Lipinski definition) is 3. The number of nitrogens with one attached hydrogen (secondary N) is 1. The highest BCUT2D eigenvalue weighted by atomic mass is 16.2. The minimum atomic E-state index is -0.0435. The number of rotatable bonds is 6. The first-order chi connectivity index (χ1) is 10.1.